The summed E-state index contributed by atoms with van der Waals surface area (Å²) in [6.45, 7) is 2.05. The number of nitrogens with zero attached hydrogens (tertiary/aromatic N) is 3. The maximum Gasteiger partial charge on any atom is 0.356 e. The van der Waals surface area contributed by atoms with Crippen molar-refractivity contribution in [3.05, 3.63) is 34.3 Å². The number of hydrogen-bond donors (Lipinski definition) is 1. The number of carboxylic acids is 1. The van der Waals surface area contributed by atoms with E-state index in [2.05, 4.69) is 32.9 Å². The van der Waals surface area contributed by atoms with Gasteiger partial charge in [-0.05, 0) is 61.0 Å². The third-order valence-corrected chi connectivity index (χ3v) is 4.57. The summed E-state index contributed by atoms with van der Waals surface area (Å²) >= 11 is 3.43. The number of carboxylic acid groups (broad SMARTS) is 1. The fraction of sp³-hybridized carbons (Fsp3) is 0.429. The Bertz CT molecular complexity index is 660. The van der Waals surface area contributed by atoms with Gasteiger partial charge in [0, 0.05) is 16.6 Å². The molecule has 0 amide bonds. The topological polar surface area (TPSA) is 57.8 Å². The summed E-state index contributed by atoms with van der Waals surface area (Å²) < 4.78 is 2.69. The van der Waals surface area contributed by atoms with Crippen LogP contribution in [0.1, 0.15) is 35.1 Å². The van der Waals surface area contributed by atoms with Gasteiger partial charge in [0.1, 0.15) is 5.82 Å². The zero-order chi connectivity index (χ0) is 14.3. The van der Waals surface area contributed by atoms with Crippen LogP contribution in [0.2, 0.25) is 0 Å². The van der Waals surface area contributed by atoms with Gasteiger partial charge in [-0.25, -0.2) is 9.78 Å². The van der Waals surface area contributed by atoms with Crippen molar-refractivity contribution in [3.63, 3.8) is 0 Å². The molecule has 1 N–H and O–H groups in total. The van der Waals surface area contributed by atoms with Gasteiger partial charge in [0.2, 0.25) is 0 Å². The van der Waals surface area contributed by atoms with Crippen LogP contribution in [0.5, 0.6) is 0 Å². The van der Waals surface area contributed by atoms with Gasteiger partial charge in [0.15, 0.2) is 5.69 Å². The Hall–Kier alpha value is -1.40. The van der Waals surface area contributed by atoms with Crippen molar-refractivity contribution in [2.75, 3.05) is 20.1 Å². The number of fused-ring (bicyclic) bond motifs is 1. The number of piperidine rings is 1. The zero-order valence-electron chi connectivity index (χ0n) is 11.2. The molecule has 0 aromatic carbocycles. The van der Waals surface area contributed by atoms with E-state index in [4.69, 9.17) is 0 Å². The van der Waals surface area contributed by atoms with Crippen LogP contribution in [0.4, 0.5) is 0 Å². The third kappa shape index (κ3) is 2.23. The molecule has 3 heterocycles. The number of aromatic nitrogens is 2. The lowest BCUT2D eigenvalue weighted by Crippen LogP contribution is -2.29. The van der Waals surface area contributed by atoms with Crippen LogP contribution in [0.25, 0.3) is 5.52 Å². The predicted molar refractivity (Wildman–Crippen MR) is 79.3 cm³/mol. The lowest BCUT2D eigenvalue weighted by atomic mass is 9.96. The maximum absolute atomic E-state index is 11.4. The smallest absolute Gasteiger partial charge is 0.356 e. The fourth-order valence-corrected chi connectivity index (χ4v) is 3.36. The molecule has 5 nitrogen and oxygen atoms in total. The number of pyridine rings is 1. The normalized spacial score (nSPS) is 17.7. The molecule has 2 aromatic heterocycles. The minimum atomic E-state index is -0.978. The molecule has 3 rings (SSSR count). The lowest BCUT2D eigenvalue weighted by molar-refractivity contribution is 0.0693. The van der Waals surface area contributed by atoms with Gasteiger partial charge >= 0.3 is 5.97 Å². The van der Waals surface area contributed by atoms with E-state index < -0.39 is 5.97 Å². The van der Waals surface area contributed by atoms with Crippen molar-refractivity contribution < 1.29 is 9.90 Å². The fourth-order valence-electron chi connectivity index (χ4n) is 2.83. The average molecular weight is 338 g/mol. The van der Waals surface area contributed by atoms with Crippen molar-refractivity contribution in [1.29, 1.82) is 0 Å². The second-order valence-electron chi connectivity index (χ2n) is 5.28. The van der Waals surface area contributed by atoms with E-state index in [0.29, 0.717) is 11.4 Å². The molecule has 0 bridgehead atoms. The largest absolute Gasteiger partial charge is 0.476 e. The molecule has 1 saturated heterocycles. The lowest BCUT2D eigenvalue weighted by Gasteiger charge is -2.28. The number of likely N-dealkylation sites (tertiary alicyclic amines) is 1. The molecule has 6 heteroatoms. The Morgan fingerprint density at radius 1 is 1.45 bits per heavy atom. The average Bonchev–Trinajstić information content (AvgIpc) is 2.81. The van der Waals surface area contributed by atoms with E-state index >= 15 is 0 Å². The molecule has 20 heavy (non-hydrogen) atoms. The summed E-state index contributed by atoms with van der Waals surface area (Å²) in [7, 11) is 2.11. The molecule has 0 radical (unpaired) electrons. The highest BCUT2D eigenvalue weighted by molar-refractivity contribution is 9.10. The molecule has 0 atom stereocenters. The minimum Gasteiger partial charge on any atom is -0.476 e. The van der Waals surface area contributed by atoms with Gasteiger partial charge in [-0.3, -0.25) is 0 Å². The van der Waals surface area contributed by atoms with Crippen LogP contribution in [0.3, 0.4) is 0 Å². The van der Waals surface area contributed by atoms with Crippen LogP contribution in [-0.2, 0) is 0 Å². The monoisotopic (exact) mass is 337 g/mol. The Balaban J connectivity index is 2.12. The molecule has 0 unspecified atom stereocenters. The van der Waals surface area contributed by atoms with Crippen molar-refractivity contribution in [3.8, 4) is 0 Å². The number of carbonyl (C=O) groups is 1. The predicted octanol–water partition coefficient (Wildman–Crippen LogP) is 2.60. The highest BCUT2D eigenvalue weighted by Gasteiger charge is 2.26. The Labute approximate surface area is 125 Å². The van der Waals surface area contributed by atoms with Gasteiger partial charge in [-0.15, -0.1) is 0 Å². The molecule has 106 valence electrons. The first-order valence-electron chi connectivity index (χ1n) is 6.66. The number of hydrogen-bond acceptors (Lipinski definition) is 3. The van der Waals surface area contributed by atoms with E-state index in [0.717, 1.165) is 36.2 Å². The maximum atomic E-state index is 11.4. The van der Waals surface area contributed by atoms with E-state index in [1.54, 1.807) is 0 Å². The number of aromatic carboxylic acids is 1. The summed E-state index contributed by atoms with van der Waals surface area (Å²) in [6, 6.07) is 3.75. The molecule has 1 aliphatic rings. The second kappa shape index (κ2) is 5.18. The summed E-state index contributed by atoms with van der Waals surface area (Å²) in [5, 5.41) is 9.36. The minimum absolute atomic E-state index is 0.131. The summed E-state index contributed by atoms with van der Waals surface area (Å²) in [4.78, 5) is 18.1. The van der Waals surface area contributed by atoms with Crippen LogP contribution in [-0.4, -0.2) is 45.5 Å². The third-order valence-electron chi connectivity index (χ3n) is 3.93. The molecular weight excluding hydrogens is 322 g/mol. The van der Waals surface area contributed by atoms with Crippen LogP contribution < -0.4 is 0 Å². The zero-order valence-corrected chi connectivity index (χ0v) is 12.8. The molecule has 0 saturated carbocycles. The molecular formula is C14H16BrN3O2. The van der Waals surface area contributed by atoms with Crippen molar-refractivity contribution in [2.45, 2.75) is 18.8 Å². The standard InChI is InChI=1S/C14H16BrN3O2/c1-17-7-4-9(5-8-17)13-16-11(14(19)20)12-10(15)3-2-6-18(12)13/h2-3,6,9H,4-5,7-8H2,1H3,(H,19,20). The van der Waals surface area contributed by atoms with Crippen molar-refractivity contribution in [1.82, 2.24) is 14.3 Å². The Morgan fingerprint density at radius 3 is 2.80 bits per heavy atom. The summed E-state index contributed by atoms with van der Waals surface area (Å²) in [6.07, 6.45) is 3.93. The Kier molecular flexibility index (Phi) is 3.52. The first-order chi connectivity index (χ1) is 9.58. The summed E-state index contributed by atoms with van der Waals surface area (Å²) in [5.74, 6) is 0.210. The molecule has 0 aliphatic carbocycles. The Morgan fingerprint density at radius 2 is 2.15 bits per heavy atom. The molecule has 1 aliphatic heterocycles. The van der Waals surface area contributed by atoms with Gasteiger partial charge in [0.25, 0.3) is 0 Å². The van der Waals surface area contributed by atoms with E-state index in [1.807, 2.05) is 22.7 Å². The highest BCUT2D eigenvalue weighted by Crippen LogP contribution is 2.31. The highest BCUT2D eigenvalue weighted by atomic mass is 79.9. The van der Waals surface area contributed by atoms with Crippen molar-refractivity contribution in [2.24, 2.45) is 0 Å². The van der Waals surface area contributed by atoms with E-state index in [1.165, 1.54) is 0 Å². The van der Waals surface area contributed by atoms with Crippen LogP contribution in [0, 0.1) is 0 Å². The first-order valence-corrected chi connectivity index (χ1v) is 7.45. The van der Waals surface area contributed by atoms with Gasteiger partial charge < -0.3 is 14.4 Å². The van der Waals surface area contributed by atoms with Crippen molar-refractivity contribution >= 4 is 27.4 Å². The number of halogens is 1. The van der Waals surface area contributed by atoms with Gasteiger partial charge in [-0.2, -0.15) is 0 Å². The number of imidazole rings is 1. The van der Waals surface area contributed by atoms with Gasteiger partial charge in [-0.1, -0.05) is 0 Å². The molecule has 0 spiro atoms. The summed E-state index contributed by atoms with van der Waals surface area (Å²) in [5.41, 5.74) is 0.778. The van der Waals surface area contributed by atoms with E-state index in [-0.39, 0.29) is 5.69 Å². The van der Waals surface area contributed by atoms with E-state index in [9.17, 15) is 9.90 Å². The molecule has 2 aromatic rings. The van der Waals surface area contributed by atoms with Crippen LogP contribution >= 0.6 is 15.9 Å². The number of rotatable bonds is 2. The van der Waals surface area contributed by atoms with Crippen LogP contribution in [0.15, 0.2) is 22.8 Å². The van der Waals surface area contributed by atoms with Gasteiger partial charge in [0.05, 0.1) is 5.52 Å². The first kappa shape index (κ1) is 13.6. The quantitative estimate of drug-likeness (QED) is 0.915. The SMILES string of the molecule is CN1CCC(c2nc(C(=O)O)c3c(Br)cccn23)CC1. The second-order valence-corrected chi connectivity index (χ2v) is 6.13. The molecule has 1 fully saturated rings.